The molecule has 0 fully saturated rings. The lowest BCUT2D eigenvalue weighted by atomic mass is 10.3. The van der Waals surface area contributed by atoms with Gasteiger partial charge in [-0.3, -0.25) is 4.79 Å². The fraction of sp³-hybridized carbons (Fsp3) is 0.500. The summed E-state index contributed by atoms with van der Waals surface area (Å²) >= 11 is 0. The second kappa shape index (κ2) is 5.62. The summed E-state index contributed by atoms with van der Waals surface area (Å²) in [7, 11) is 0. The number of aromatic nitrogens is 2. The Morgan fingerprint density at radius 1 is 1.79 bits per heavy atom. The van der Waals surface area contributed by atoms with E-state index >= 15 is 0 Å². The summed E-state index contributed by atoms with van der Waals surface area (Å²) in [6.07, 6.45) is 1.64. The summed E-state index contributed by atoms with van der Waals surface area (Å²) in [5, 5.41) is 6.69. The van der Waals surface area contributed by atoms with E-state index in [2.05, 4.69) is 10.4 Å². The van der Waals surface area contributed by atoms with Crippen LogP contribution in [0.1, 0.15) is 13.8 Å². The van der Waals surface area contributed by atoms with E-state index in [1.807, 2.05) is 6.92 Å². The molecule has 0 aliphatic carbocycles. The summed E-state index contributed by atoms with van der Waals surface area (Å²) < 4.78 is 1.69. The van der Waals surface area contributed by atoms with Crippen molar-refractivity contribution in [1.29, 1.82) is 0 Å². The average Bonchev–Trinajstić information content (AvgIpc) is 2.51. The zero-order chi connectivity index (χ0) is 9.84. The molecule has 14 heavy (non-hydrogen) atoms. The molecule has 0 aliphatic rings. The third-order valence-corrected chi connectivity index (χ3v) is 1.68. The molecular weight excluding hydrogens is 204 g/mol. The van der Waals surface area contributed by atoms with Gasteiger partial charge in [0.2, 0.25) is 5.91 Å². The molecule has 1 atom stereocenters. The molecule has 1 aromatic heterocycles. The molecule has 0 aliphatic heterocycles. The fourth-order valence-corrected chi connectivity index (χ4v) is 0.931. The number of rotatable bonds is 3. The fourth-order valence-electron chi connectivity index (χ4n) is 0.931. The highest BCUT2D eigenvalue weighted by Crippen LogP contribution is 2.05. The van der Waals surface area contributed by atoms with Crippen molar-refractivity contribution in [2.75, 3.05) is 5.32 Å². The SMILES string of the molecule is CCn1nccc1NC(=O)[C@H](C)N.Cl. The number of halogens is 1. The van der Waals surface area contributed by atoms with Gasteiger partial charge in [0, 0.05) is 12.6 Å². The van der Waals surface area contributed by atoms with Crippen molar-refractivity contribution in [2.45, 2.75) is 26.4 Å². The van der Waals surface area contributed by atoms with E-state index in [4.69, 9.17) is 5.73 Å². The molecule has 0 saturated heterocycles. The van der Waals surface area contributed by atoms with Gasteiger partial charge in [-0.15, -0.1) is 12.4 Å². The van der Waals surface area contributed by atoms with E-state index in [-0.39, 0.29) is 18.3 Å². The molecule has 0 saturated carbocycles. The van der Waals surface area contributed by atoms with Crippen LogP contribution in [-0.4, -0.2) is 21.7 Å². The van der Waals surface area contributed by atoms with Crippen LogP contribution in [0.4, 0.5) is 5.82 Å². The Morgan fingerprint density at radius 2 is 2.43 bits per heavy atom. The molecule has 1 rings (SSSR count). The molecule has 6 heteroatoms. The highest BCUT2D eigenvalue weighted by atomic mass is 35.5. The molecule has 0 bridgehead atoms. The number of carbonyl (C=O) groups is 1. The number of amides is 1. The summed E-state index contributed by atoms with van der Waals surface area (Å²) in [6.45, 7) is 4.32. The number of nitrogens with zero attached hydrogens (tertiary/aromatic N) is 2. The lowest BCUT2D eigenvalue weighted by Crippen LogP contribution is -2.33. The highest BCUT2D eigenvalue weighted by Gasteiger charge is 2.09. The van der Waals surface area contributed by atoms with Crippen molar-refractivity contribution in [3.05, 3.63) is 12.3 Å². The Kier molecular flexibility index (Phi) is 5.19. The van der Waals surface area contributed by atoms with Crippen LogP contribution in [-0.2, 0) is 11.3 Å². The van der Waals surface area contributed by atoms with E-state index in [0.29, 0.717) is 5.82 Å². The van der Waals surface area contributed by atoms with Crippen molar-refractivity contribution in [3.8, 4) is 0 Å². The number of hydrogen-bond acceptors (Lipinski definition) is 3. The van der Waals surface area contributed by atoms with Gasteiger partial charge in [0.15, 0.2) is 0 Å². The molecule has 3 N–H and O–H groups in total. The Bertz CT molecular complexity index is 297. The predicted molar refractivity (Wildman–Crippen MR) is 57.4 cm³/mol. The van der Waals surface area contributed by atoms with Gasteiger partial charge in [-0.25, -0.2) is 4.68 Å². The van der Waals surface area contributed by atoms with Gasteiger partial charge in [-0.1, -0.05) is 0 Å². The number of anilines is 1. The number of nitrogens with one attached hydrogen (secondary N) is 1. The number of aryl methyl sites for hydroxylation is 1. The Morgan fingerprint density at radius 3 is 2.93 bits per heavy atom. The lowest BCUT2D eigenvalue weighted by molar-refractivity contribution is -0.117. The predicted octanol–water partition coefficient (Wildman–Crippen LogP) is 0.610. The van der Waals surface area contributed by atoms with E-state index in [1.54, 1.807) is 23.9 Å². The van der Waals surface area contributed by atoms with Crippen molar-refractivity contribution in [3.63, 3.8) is 0 Å². The maximum Gasteiger partial charge on any atom is 0.242 e. The van der Waals surface area contributed by atoms with Crippen LogP contribution in [0.25, 0.3) is 0 Å². The van der Waals surface area contributed by atoms with Crippen LogP contribution in [0.3, 0.4) is 0 Å². The minimum Gasteiger partial charge on any atom is -0.320 e. The molecule has 1 amide bonds. The third kappa shape index (κ3) is 3.01. The van der Waals surface area contributed by atoms with Gasteiger partial charge in [-0.05, 0) is 13.8 Å². The van der Waals surface area contributed by atoms with E-state index in [0.717, 1.165) is 6.54 Å². The van der Waals surface area contributed by atoms with Gasteiger partial charge in [0.1, 0.15) is 5.82 Å². The molecule has 5 nitrogen and oxygen atoms in total. The maximum absolute atomic E-state index is 11.2. The summed E-state index contributed by atoms with van der Waals surface area (Å²) in [5.41, 5.74) is 5.40. The van der Waals surface area contributed by atoms with Gasteiger partial charge in [0.05, 0.1) is 12.2 Å². The van der Waals surface area contributed by atoms with Crippen LogP contribution in [0, 0.1) is 0 Å². The minimum atomic E-state index is -0.500. The first-order valence-corrected chi connectivity index (χ1v) is 4.23. The van der Waals surface area contributed by atoms with Gasteiger partial charge < -0.3 is 11.1 Å². The van der Waals surface area contributed by atoms with Gasteiger partial charge in [-0.2, -0.15) is 5.10 Å². The van der Waals surface area contributed by atoms with Crippen molar-refractivity contribution < 1.29 is 4.79 Å². The summed E-state index contributed by atoms with van der Waals surface area (Å²) in [4.78, 5) is 11.2. The maximum atomic E-state index is 11.2. The standard InChI is InChI=1S/C8H14N4O.ClH/c1-3-12-7(4-5-10-12)11-8(13)6(2)9;/h4-6H,3,9H2,1-2H3,(H,11,13);1H/t6-;/m0./s1. The Balaban J connectivity index is 0.00000169. The number of nitrogens with two attached hydrogens (primary N) is 1. The molecule has 1 aromatic rings. The first-order valence-electron chi connectivity index (χ1n) is 4.23. The molecule has 80 valence electrons. The number of hydrogen-bond donors (Lipinski definition) is 2. The zero-order valence-corrected chi connectivity index (χ0v) is 9.04. The topological polar surface area (TPSA) is 72.9 Å². The molecule has 1 heterocycles. The lowest BCUT2D eigenvalue weighted by Gasteiger charge is -2.08. The smallest absolute Gasteiger partial charge is 0.242 e. The highest BCUT2D eigenvalue weighted by molar-refractivity contribution is 5.93. The van der Waals surface area contributed by atoms with Crippen LogP contribution in [0.15, 0.2) is 12.3 Å². The summed E-state index contributed by atoms with van der Waals surface area (Å²) in [6, 6.07) is 1.24. The van der Waals surface area contributed by atoms with Crippen molar-refractivity contribution >= 4 is 24.1 Å². The van der Waals surface area contributed by atoms with E-state index in [1.165, 1.54) is 0 Å². The third-order valence-electron chi connectivity index (χ3n) is 1.68. The monoisotopic (exact) mass is 218 g/mol. The van der Waals surface area contributed by atoms with Crippen molar-refractivity contribution in [2.24, 2.45) is 5.73 Å². The normalized spacial score (nSPS) is 11.6. The second-order valence-electron chi connectivity index (χ2n) is 2.81. The minimum absolute atomic E-state index is 0. The molecule has 0 spiro atoms. The van der Waals surface area contributed by atoms with Crippen LogP contribution in [0.2, 0.25) is 0 Å². The van der Waals surface area contributed by atoms with Crippen molar-refractivity contribution in [1.82, 2.24) is 9.78 Å². The zero-order valence-electron chi connectivity index (χ0n) is 8.23. The molecule has 0 radical (unpaired) electrons. The first kappa shape index (κ1) is 12.9. The van der Waals surface area contributed by atoms with Crippen LogP contribution in [0.5, 0.6) is 0 Å². The van der Waals surface area contributed by atoms with Crippen LogP contribution >= 0.6 is 12.4 Å². The molecular formula is C8H15ClN4O. The second-order valence-corrected chi connectivity index (χ2v) is 2.81. The molecule has 0 aromatic carbocycles. The van der Waals surface area contributed by atoms with Gasteiger partial charge >= 0.3 is 0 Å². The Labute approximate surface area is 89.1 Å². The van der Waals surface area contributed by atoms with Crippen LogP contribution < -0.4 is 11.1 Å². The first-order chi connectivity index (χ1) is 6.15. The Hall–Kier alpha value is -1.07. The quantitative estimate of drug-likeness (QED) is 0.781. The average molecular weight is 219 g/mol. The van der Waals surface area contributed by atoms with E-state index < -0.39 is 6.04 Å². The molecule has 0 unspecified atom stereocenters. The van der Waals surface area contributed by atoms with E-state index in [9.17, 15) is 4.79 Å². The van der Waals surface area contributed by atoms with Gasteiger partial charge in [0.25, 0.3) is 0 Å². The number of carbonyl (C=O) groups excluding carboxylic acids is 1. The largest absolute Gasteiger partial charge is 0.320 e. The summed E-state index contributed by atoms with van der Waals surface area (Å²) in [5.74, 6) is 0.486.